The van der Waals surface area contributed by atoms with Gasteiger partial charge >= 0.3 is 0 Å². The standard InChI is InChI=1S/C26H31Cl2FN2O2/c1-16-17(2)25(33-11-3-10-27)9-5-19(16)15-31-21-6-7-22(31)14-20(13-21)30-26(32)18-4-8-24(29)23(28)12-18/h4-5,8-9,12,20-22H,3,6-7,10-11,13-15H2,1-2H3,(H,30,32). The lowest BCUT2D eigenvalue weighted by atomic mass is 9.94. The number of ether oxygens (including phenoxy) is 1. The molecule has 1 N–H and O–H groups in total. The Labute approximate surface area is 205 Å². The molecule has 0 saturated carbocycles. The number of carbonyl (C=O) groups excluding carboxylic acids is 1. The fourth-order valence-corrected chi connectivity index (χ4v) is 5.46. The first kappa shape index (κ1) is 24.3. The largest absolute Gasteiger partial charge is 0.493 e. The highest BCUT2D eigenvalue weighted by Gasteiger charge is 2.41. The van der Waals surface area contributed by atoms with Gasteiger partial charge in [-0.2, -0.15) is 0 Å². The number of piperidine rings is 1. The van der Waals surface area contributed by atoms with E-state index in [9.17, 15) is 9.18 Å². The summed E-state index contributed by atoms with van der Waals surface area (Å²) in [7, 11) is 0. The Bertz CT molecular complexity index is 1000. The zero-order valence-corrected chi connectivity index (χ0v) is 20.7. The van der Waals surface area contributed by atoms with Crippen molar-refractivity contribution < 1.29 is 13.9 Å². The topological polar surface area (TPSA) is 41.6 Å². The van der Waals surface area contributed by atoms with Crippen molar-refractivity contribution in [1.82, 2.24) is 10.2 Å². The molecule has 0 radical (unpaired) electrons. The highest BCUT2D eigenvalue weighted by Crippen LogP contribution is 2.38. The second-order valence-electron chi connectivity index (χ2n) is 9.19. The third-order valence-electron chi connectivity index (χ3n) is 7.14. The van der Waals surface area contributed by atoms with Crippen LogP contribution in [0.25, 0.3) is 0 Å². The summed E-state index contributed by atoms with van der Waals surface area (Å²) < 4.78 is 19.3. The Morgan fingerprint density at radius 2 is 1.88 bits per heavy atom. The number of nitrogens with zero attached hydrogens (tertiary/aromatic N) is 1. The van der Waals surface area contributed by atoms with E-state index in [1.54, 1.807) is 0 Å². The third kappa shape index (κ3) is 5.47. The predicted octanol–water partition coefficient (Wildman–Crippen LogP) is 6.03. The summed E-state index contributed by atoms with van der Waals surface area (Å²) >= 11 is 11.6. The van der Waals surface area contributed by atoms with E-state index in [2.05, 4.69) is 36.2 Å². The van der Waals surface area contributed by atoms with Gasteiger partial charge in [0.15, 0.2) is 0 Å². The number of rotatable bonds is 8. The maximum Gasteiger partial charge on any atom is 0.251 e. The molecule has 2 heterocycles. The van der Waals surface area contributed by atoms with E-state index in [0.717, 1.165) is 44.4 Å². The summed E-state index contributed by atoms with van der Waals surface area (Å²) in [6, 6.07) is 9.39. The number of halogens is 3. The molecule has 0 aliphatic carbocycles. The van der Waals surface area contributed by atoms with Crippen LogP contribution in [0.3, 0.4) is 0 Å². The number of carbonyl (C=O) groups is 1. The molecule has 178 valence electrons. The summed E-state index contributed by atoms with van der Waals surface area (Å²) in [6.45, 7) is 5.84. The van der Waals surface area contributed by atoms with Crippen molar-refractivity contribution >= 4 is 29.1 Å². The van der Waals surface area contributed by atoms with E-state index in [-0.39, 0.29) is 17.0 Å². The predicted molar refractivity (Wildman–Crippen MR) is 131 cm³/mol. The summed E-state index contributed by atoms with van der Waals surface area (Å²) in [4.78, 5) is 15.3. The average Bonchev–Trinajstić information content (AvgIpc) is 3.02. The SMILES string of the molecule is Cc1c(CN2C3CCC2CC(NC(=O)c2ccc(F)c(Cl)c2)C3)ccc(OCCCCl)c1C. The first-order chi connectivity index (χ1) is 15.9. The Balaban J connectivity index is 1.38. The van der Waals surface area contributed by atoms with Gasteiger partial charge in [-0.25, -0.2) is 4.39 Å². The fraction of sp³-hybridized carbons (Fsp3) is 0.500. The minimum Gasteiger partial charge on any atom is -0.493 e. The van der Waals surface area contributed by atoms with Crippen molar-refractivity contribution in [3.05, 3.63) is 63.4 Å². The molecule has 2 aliphatic heterocycles. The van der Waals surface area contributed by atoms with Gasteiger partial charge in [-0.1, -0.05) is 17.7 Å². The first-order valence-corrected chi connectivity index (χ1v) is 12.6. The van der Waals surface area contributed by atoms with Gasteiger partial charge in [0.05, 0.1) is 11.6 Å². The van der Waals surface area contributed by atoms with Crippen LogP contribution >= 0.6 is 23.2 Å². The van der Waals surface area contributed by atoms with Gasteiger partial charge in [-0.05, 0) is 86.9 Å². The minimum atomic E-state index is -0.514. The first-order valence-electron chi connectivity index (χ1n) is 11.7. The third-order valence-corrected chi connectivity index (χ3v) is 7.70. The normalized spacial score (nSPS) is 22.4. The molecule has 2 aromatic rings. The number of benzene rings is 2. The van der Waals surface area contributed by atoms with E-state index < -0.39 is 5.82 Å². The van der Waals surface area contributed by atoms with Crippen LogP contribution in [0.5, 0.6) is 5.75 Å². The Morgan fingerprint density at radius 1 is 1.15 bits per heavy atom. The summed E-state index contributed by atoms with van der Waals surface area (Å²) in [5.41, 5.74) is 4.20. The summed E-state index contributed by atoms with van der Waals surface area (Å²) in [5, 5.41) is 3.12. The highest BCUT2D eigenvalue weighted by molar-refractivity contribution is 6.31. The quantitative estimate of drug-likeness (QED) is 0.361. The maximum atomic E-state index is 13.4. The number of fused-ring (bicyclic) bond motifs is 2. The Morgan fingerprint density at radius 3 is 2.55 bits per heavy atom. The van der Waals surface area contributed by atoms with Gasteiger partial charge in [-0.15, -0.1) is 11.6 Å². The second kappa shape index (κ2) is 10.6. The number of hydrogen-bond donors (Lipinski definition) is 1. The molecule has 2 aliphatic rings. The molecule has 2 atom stereocenters. The molecule has 33 heavy (non-hydrogen) atoms. The van der Waals surface area contributed by atoms with Crippen LogP contribution in [-0.4, -0.2) is 41.4 Å². The molecule has 4 rings (SSSR count). The second-order valence-corrected chi connectivity index (χ2v) is 9.98. The molecule has 2 unspecified atom stereocenters. The number of hydrogen-bond acceptors (Lipinski definition) is 3. The molecule has 1 amide bonds. The smallest absolute Gasteiger partial charge is 0.251 e. The molecule has 0 spiro atoms. The Kier molecular flexibility index (Phi) is 7.83. The average molecular weight is 493 g/mol. The van der Waals surface area contributed by atoms with Crippen LogP contribution in [0.4, 0.5) is 4.39 Å². The van der Waals surface area contributed by atoms with E-state index >= 15 is 0 Å². The van der Waals surface area contributed by atoms with Crippen molar-refractivity contribution in [2.24, 2.45) is 0 Å². The highest BCUT2D eigenvalue weighted by atomic mass is 35.5. The van der Waals surface area contributed by atoms with Crippen LogP contribution in [0.1, 0.15) is 59.2 Å². The lowest BCUT2D eigenvalue weighted by Gasteiger charge is -2.39. The van der Waals surface area contributed by atoms with Gasteiger partial charge in [0, 0.05) is 36.1 Å². The molecular formula is C26H31Cl2FN2O2. The maximum absolute atomic E-state index is 13.4. The fourth-order valence-electron chi connectivity index (χ4n) is 5.17. The van der Waals surface area contributed by atoms with Crippen molar-refractivity contribution in [3.8, 4) is 5.75 Å². The van der Waals surface area contributed by atoms with Crippen LogP contribution in [0, 0.1) is 19.7 Å². The lowest BCUT2D eigenvalue weighted by Crippen LogP contribution is -2.50. The van der Waals surface area contributed by atoms with E-state index in [1.165, 1.54) is 34.9 Å². The summed E-state index contributed by atoms with van der Waals surface area (Å²) in [5.74, 6) is 0.838. The van der Waals surface area contributed by atoms with Crippen LogP contribution in [-0.2, 0) is 6.54 Å². The number of alkyl halides is 1. The zero-order chi connectivity index (χ0) is 23.5. The van der Waals surface area contributed by atoms with Crippen LogP contribution in [0.2, 0.25) is 5.02 Å². The van der Waals surface area contributed by atoms with Crippen molar-refractivity contribution in [2.45, 2.75) is 70.6 Å². The zero-order valence-electron chi connectivity index (χ0n) is 19.2. The summed E-state index contributed by atoms with van der Waals surface area (Å²) in [6.07, 6.45) is 4.99. The van der Waals surface area contributed by atoms with Gasteiger partial charge in [0.1, 0.15) is 11.6 Å². The molecule has 4 nitrogen and oxygen atoms in total. The molecule has 2 fully saturated rings. The molecule has 2 bridgehead atoms. The van der Waals surface area contributed by atoms with E-state index in [4.69, 9.17) is 27.9 Å². The number of nitrogens with one attached hydrogen (secondary N) is 1. The van der Waals surface area contributed by atoms with Gasteiger partial charge in [-0.3, -0.25) is 9.69 Å². The van der Waals surface area contributed by atoms with Gasteiger partial charge < -0.3 is 10.1 Å². The Hall–Kier alpha value is -1.82. The molecule has 2 saturated heterocycles. The van der Waals surface area contributed by atoms with E-state index in [0.29, 0.717) is 30.1 Å². The molecule has 0 aromatic heterocycles. The van der Waals surface area contributed by atoms with Crippen LogP contribution in [0.15, 0.2) is 30.3 Å². The van der Waals surface area contributed by atoms with Crippen molar-refractivity contribution in [3.63, 3.8) is 0 Å². The van der Waals surface area contributed by atoms with Crippen molar-refractivity contribution in [2.75, 3.05) is 12.5 Å². The molecule has 7 heteroatoms. The van der Waals surface area contributed by atoms with Gasteiger partial charge in [0.2, 0.25) is 0 Å². The molecule has 2 aromatic carbocycles. The van der Waals surface area contributed by atoms with Crippen LogP contribution < -0.4 is 10.1 Å². The van der Waals surface area contributed by atoms with E-state index in [1.807, 2.05) is 0 Å². The van der Waals surface area contributed by atoms with Gasteiger partial charge in [0.25, 0.3) is 5.91 Å². The number of amides is 1. The monoisotopic (exact) mass is 492 g/mol. The lowest BCUT2D eigenvalue weighted by molar-refractivity contribution is 0.0827. The minimum absolute atomic E-state index is 0.0290. The molecular weight excluding hydrogens is 462 g/mol. The van der Waals surface area contributed by atoms with Crippen molar-refractivity contribution in [1.29, 1.82) is 0 Å².